The SMILES string of the molecule is [2H]c1c([2H])c(-c2nc(-c3ccccc3)nc(-c3cc(-c4ccccc4)cc4oc5ccccc5c34)n2)c2c(oc3c4c([2H])c([2H])c([2H])c([2H])c4c([2H])c([2H])c32)c1[2H]. The standard InChI is InChI=1S/C43H25N3O2/c1-3-12-26(13-4-1)29-24-34(38-31-18-9-10-20-35(31)47-37(38)25-29)43-45-41(28-15-5-2-6-16-28)44-42(46-43)33-19-11-21-36-39(33)32-23-22-27-14-7-8-17-30(27)40(32)48-36/h1-25H/i7D,8D,11D,14D,17D,19D,21D,22D,23D. The van der Waals surface area contributed by atoms with Crippen molar-refractivity contribution in [3.05, 3.63) is 151 Å². The largest absolute Gasteiger partial charge is 0.456 e. The minimum Gasteiger partial charge on any atom is -0.456 e. The van der Waals surface area contributed by atoms with Gasteiger partial charge in [0, 0.05) is 43.6 Å². The third-order valence-electron chi connectivity index (χ3n) is 8.47. The van der Waals surface area contributed by atoms with E-state index < -0.39 is 54.4 Å². The fourth-order valence-electron chi connectivity index (χ4n) is 6.29. The Morgan fingerprint density at radius 1 is 0.438 bits per heavy atom. The predicted molar refractivity (Wildman–Crippen MR) is 194 cm³/mol. The number of nitrogens with zero attached hydrogens (tertiary/aromatic N) is 3. The van der Waals surface area contributed by atoms with Crippen molar-refractivity contribution in [2.24, 2.45) is 0 Å². The summed E-state index contributed by atoms with van der Waals surface area (Å²) in [5.74, 6) is 0.370. The number of hydrogen-bond acceptors (Lipinski definition) is 5. The molecule has 0 unspecified atom stereocenters. The lowest BCUT2D eigenvalue weighted by molar-refractivity contribution is 0.669. The van der Waals surface area contributed by atoms with E-state index in [9.17, 15) is 2.74 Å². The van der Waals surface area contributed by atoms with Crippen LogP contribution in [0.4, 0.5) is 0 Å². The van der Waals surface area contributed by atoms with Gasteiger partial charge in [-0.3, -0.25) is 0 Å². The maximum absolute atomic E-state index is 9.31. The number of rotatable bonds is 4. The highest BCUT2D eigenvalue weighted by atomic mass is 16.3. The highest BCUT2D eigenvalue weighted by Gasteiger charge is 2.22. The third-order valence-corrected chi connectivity index (χ3v) is 8.47. The van der Waals surface area contributed by atoms with Gasteiger partial charge in [0.05, 0.1) is 12.3 Å². The van der Waals surface area contributed by atoms with Crippen LogP contribution in [0.5, 0.6) is 0 Å². The Hall–Kier alpha value is -6.59. The molecule has 10 rings (SSSR count). The van der Waals surface area contributed by atoms with Crippen molar-refractivity contribution >= 4 is 54.6 Å². The summed E-state index contributed by atoms with van der Waals surface area (Å²) in [6, 6.07) is 26.0. The van der Waals surface area contributed by atoms with Gasteiger partial charge in [-0.2, -0.15) is 0 Å². The smallest absolute Gasteiger partial charge is 0.164 e. The van der Waals surface area contributed by atoms with E-state index in [1.54, 1.807) is 0 Å². The van der Waals surface area contributed by atoms with Crippen molar-refractivity contribution < 1.29 is 21.2 Å². The summed E-state index contributed by atoms with van der Waals surface area (Å²) in [6.45, 7) is 0. The Kier molecular flexibility index (Phi) is 4.18. The molecule has 0 aliphatic carbocycles. The summed E-state index contributed by atoms with van der Waals surface area (Å²) in [5, 5.41) is 1.12. The lowest BCUT2D eigenvalue weighted by Crippen LogP contribution is -2.01. The molecule has 0 fully saturated rings. The molecule has 0 saturated heterocycles. The van der Waals surface area contributed by atoms with Gasteiger partial charge in [0.2, 0.25) is 0 Å². The molecule has 0 radical (unpaired) electrons. The Balaban J connectivity index is 1.37. The van der Waals surface area contributed by atoms with Crippen LogP contribution in [-0.4, -0.2) is 15.0 Å². The number of para-hydroxylation sites is 1. The van der Waals surface area contributed by atoms with Crippen LogP contribution in [0, 0.1) is 0 Å². The van der Waals surface area contributed by atoms with Crippen molar-refractivity contribution in [3.8, 4) is 45.3 Å². The van der Waals surface area contributed by atoms with E-state index in [2.05, 4.69) is 0 Å². The highest BCUT2D eigenvalue weighted by Crippen LogP contribution is 2.42. The zero-order valence-corrected chi connectivity index (χ0v) is 24.9. The maximum Gasteiger partial charge on any atom is 0.164 e. The summed E-state index contributed by atoms with van der Waals surface area (Å²) < 4.78 is 91.9. The topological polar surface area (TPSA) is 65.0 Å². The molecule has 224 valence electrons. The van der Waals surface area contributed by atoms with Crippen LogP contribution in [0.25, 0.3) is 99.9 Å². The molecule has 0 atom stereocenters. The monoisotopic (exact) mass is 624 g/mol. The van der Waals surface area contributed by atoms with Gasteiger partial charge in [-0.05, 0) is 46.8 Å². The van der Waals surface area contributed by atoms with E-state index in [1.807, 2.05) is 97.1 Å². The molecule has 3 aromatic heterocycles. The molecule has 48 heavy (non-hydrogen) atoms. The van der Waals surface area contributed by atoms with Crippen molar-refractivity contribution in [3.63, 3.8) is 0 Å². The summed E-state index contributed by atoms with van der Waals surface area (Å²) in [4.78, 5) is 14.9. The molecule has 5 heteroatoms. The zero-order valence-electron chi connectivity index (χ0n) is 33.9. The van der Waals surface area contributed by atoms with E-state index in [-0.39, 0.29) is 55.7 Å². The third kappa shape index (κ3) is 4.15. The van der Waals surface area contributed by atoms with Crippen molar-refractivity contribution in [1.82, 2.24) is 15.0 Å². The first kappa shape index (κ1) is 19.2. The van der Waals surface area contributed by atoms with Crippen LogP contribution in [0.2, 0.25) is 0 Å². The number of hydrogen-bond donors (Lipinski definition) is 0. The Morgan fingerprint density at radius 2 is 1.15 bits per heavy atom. The lowest BCUT2D eigenvalue weighted by atomic mass is 9.98. The molecule has 0 amide bonds. The Morgan fingerprint density at radius 3 is 2.00 bits per heavy atom. The number of benzene rings is 7. The second-order valence-electron chi connectivity index (χ2n) is 11.3. The Bertz CT molecular complexity index is 3350. The first-order chi connectivity index (χ1) is 27.5. The van der Waals surface area contributed by atoms with Gasteiger partial charge in [-0.15, -0.1) is 0 Å². The fourth-order valence-corrected chi connectivity index (χ4v) is 6.29. The molecule has 7 aromatic carbocycles. The molecule has 0 bridgehead atoms. The second kappa shape index (κ2) is 10.5. The van der Waals surface area contributed by atoms with Gasteiger partial charge in [0.25, 0.3) is 0 Å². The maximum atomic E-state index is 9.31. The first-order valence-electron chi connectivity index (χ1n) is 19.7. The summed E-state index contributed by atoms with van der Waals surface area (Å²) in [5.41, 5.74) is 3.75. The minimum absolute atomic E-state index is 0.00285. The molecule has 5 nitrogen and oxygen atoms in total. The van der Waals surface area contributed by atoms with Crippen LogP contribution >= 0.6 is 0 Å². The van der Waals surface area contributed by atoms with Crippen molar-refractivity contribution in [2.75, 3.05) is 0 Å². The first-order valence-corrected chi connectivity index (χ1v) is 15.2. The quantitative estimate of drug-likeness (QED) is 0.195. The molecule has 0 N–H and O–H groups in total. The minimum atomic E-state index is -0.568. The van der Waals surface area contributed by atoms with Gasteiger partial charge in [-0.25, -0.2) is 15.0 Å². The van der Waals surface area contributed by atoms with E-state index in [1.165, 1.54) is 0 Å². The average molecular weight is 625 g/mol. The van der Waals surface area contributed by atoms with E-state index in [4.69, 9.17) is 33.4 Å². The van der Waals surface area contributed by atoms with Gasteiger partial charge < -0.3 is 8.83 Å². The highest BCUT2D eigenvalue weighted by molar-refractivity contribution is 6.19. The molecule has 0 aliphatic rings. The zero-order chi connectivity index (χ0) is 39.4. The lowest BCUT2D eigenvalue weighted by Gasteiger charge is -2.11. The fraction of sp³-hybridized carbons (Fsp3) is 0. The van der Waals surface area contributed by atoms with E-state index in [0.29, 0.717) is 22.3 Å². The van der Waals surface area contributed by atoms with Gasteiger partial charge in [0.15, 0.2) is 17.5 Å². The molecular weight excluding hydrogens is 590 g/mol. The normalized spacial score (nSPS) is 14.4. The molecular formula is C43H25N3O2. The summed E-state index contributed by atoms with van der Waals surface area (Å²) >= 11 is 0. The van der Waals surface area contributed by atoms with Crippen LogP contribution in [0.3, 0.4) is 0 Å². The van der Waals surface area contributed by atoms with Gasteiger partial charge in [-0.1, -0.05) is 121 Å². The molecule has 10 aromatic rings. The molecule has 3 heterocycles. The Labute approximate surface area is 287 Å². The number of aromatic nitrogens is 3. The summed E-state index contributed by atoms with van der Waals surface area (Å²) in [6.07, 6.45) is 0. The molecule has 0 aliphatic heterocycles. The van der Waals surface area contributed by atoms with Crippen LogP contribution in [-0.2, 0) is 0 Å². The van der Waals surface area contributed by atoms with Crippen LogP contribution in [0.15, 0.2) is 160 Å². The number of fused-ring (bicyclic) bond motifs is 8. The predicted octanol–water partition coefficient (Wildman–Crippen LogP) is 11.5. The van der Waals surface area contributed by atoms with Gasteiger partial charge >= 0.3 is 0 Å². The molecule has 0 saturated carbocycles. The molecule has 0 spiro atoms. The van der Waals surface area contributed by atoms with Crippen LogP contribution in [0.1, 0.15) is 12.3 Å². The second-order valence-corrected chi connectivity index (χ2v) is 11.3. The average Bonchev–Trinajstić information content (AvgIpc) is 3.82. The van der Waals surface area contributed by atoms with E-state index in [0.717, 1.165) is 21.9 Å². The van der Waals surface area contributed by atoms with Gasteiger partial charge in [0.1, 0.15) is 22.3 Å². The summed E-state index contributed by atoms with van der Waals surface area (Å²) in [7, 11) is 0. The van der Waals surface area contributed by atoms with Crippen LogP contribution < -0.4 is 0 Å². The number of furan rings is 2. The van der Waals surface area contributed by atoms with E-state index >= 15 is 0 Å². The van der Waals surface area contributed by atoms with Crippen molar-refractivity contribution in [1.29, 1.82) is 0 Å². The van der Waals surface area contributed by atoms with Crippen molar-refractivity contribution in [2.45, 2.75) is 0 Å².